The Morgan fingerprint density at radius 3 is 2.86 bits per heavy atom. The van der Waals surface area contributed by atoms with E-state index in [-0.39, 0.29) is 6.61 Å². The van der Waals surface area contributed by atoms with E-state index in [9.17, 15) is 0 Å². The van der Waals surface area contributed by atoms with Crippen LogP contribution in [0, 0.1) is 12.8 Å². The average Bonchev–Trinajstić information content (AvgIpc) is 2.45. The molecule has 0 saturated carbocycles. The summed E-state index contributed by atoms with van der Waals surface area (Å²) in [6, 6.07) is 2.07. The Morgan fingerprint density at radius 1 is 1.64 bits per heavy atom. The highest BCUT2D eigenvalue weighted by Crippen LogP contribution is 2.01. The molecule has 0 saturated heterocycles. The van der Waals surface area contributed by atoms with E-state index in [0.29, 0.717) is 5.92 Å². The molecule has 4 nitrogen and oxygen atoms in total. The highest BCUT2D eigenvalue weighted by molar-refractivity contribution is 5.08. The largest absolute Gasteiger partial charge is 0.396 e. The summed E-state index contributed by atoms with van der Waals surface area (Å²) in [4.78, 5) is 0. The monoisotopic (exact) mass is 197 g/mol. The van der Waals surface area contributed by atoms with E-state index in [0.717, 1.165) is 18.8 Å². The van der Waals surface area contributed by atoms with Gasteiger partial charge in [0, 0.05) is 26.7 Å². The molecule has 1 atom stereocenters. The summed E-state index contributed by atoms with van der Waals surface area (Å²) >= 11 is 0. The predicted molar refractivity (Wildman–Crippen MR) is 55.9 cm³/mol. The molecule has 2 N–H and O–H groups in total. The van der Waals surface area contributed by atoms with Crippen molar-refractivity contribution in [3.05, 3.63) is 17.5 Å². The number of rotatable bonds is 5. The first-order valence-corrected chi connectivity index (χ1v) is 4.94. The SMILES string of the molecule is Cc1cc(CNCC(C)CO)n(C)n1. The fraction of sp³-hybridized carbons (Fsp3) is 0.700. The molecular formula is C10H19N3O. The Hall–Kier alpha value is -0.870. The third-order valence-electron chi connectivity index (χ3n) is 2.21. The van der Waals surface area contributed by atoms with Crippen LogP contribution in [0.25, 0.3) is 0 Å². The standard InChI is InChI=1S/C10H19N3O/c1-8(7-14)5-11-6-10-4-9(2)12-13(10)3/h4,8,11,14H,5-7H2,1-3H3. The van der Waals surface area contributed by atoms with Crippen LogP contribution >= 0.6 is 0 Å². The second-order valence-corrected chi connectivity index (χ2v) is 3.82. The van der Waals surface area contributed by atoms with Gasteiger partial charge in [0.2, 0.25) is 0 Å². The smallest absolute Gasteiger partial charge is 0.0597 e. The third-order valence-corrected chi connectivity index (χ3v) is 2.21. The maximum Gasteiger partial charge on any atom is 0.0597 e. The first-order chi connectivity index (χ1) is 6.63. The van der Waals surface area contributed by atoms with Crippen molar-refractivity contribution in [1.29, 1.82) is 0 Å². The maximum absolute atomic E-state index is 8.83. The molecule has 1 unspecified atom stereocenters. The van der Waals surface area contributed by atoms with Crippen LogP contribution in [0.2, 0.25) is 0 Å². The van der Waals surface area contributed by atoms with Gasteiger partial charge in [-0.2, -0.15) is 5.10 Å². The average molecular weight is 197 g/mol. The minimum atomic E-state index is 0.234. The maximum atomic E-state index is 8.83. The lowest BCUT2D eigenvalue weighted by Crippen LogP contribution is -2.23. The zero-order valence-electron chi connectivity index (χ0n) is 9.12. The van der Waals surface area contributed by atoms with E-state index in [1.807, 2.05) is 25.6 Å². The minimum Gasteiger partial charge on any atom is -0.396 e. The first kappa shape index (κ1) is 11.2. The molecule has 0 amide bonds. The Labute approximate surface area is 84.9 Å². The number of aromatic nitrogens is 2. The molecule has 0 aliphatic rings. The summed E-state index contributed by atoms with van der Waals surface area (Å²) in [7, 11) is 1.94. The van der Waals surface area contributed by atoms with E-state index >= 15 is 0 Å². The second-order valence-electron chi connectivity index (χ2n) is 3.82. The van der Waals surface area contributed by atoms with Gasteiger partial charge >= 0.3 is 0 Å². The van der Waals surface area contributed by atoms with Crippen molar-refractivity contribution < 1.29 is 5.11 Å². The molecule has 0 aliphatic carbocycles. The predicted octanol–water partition coefficient (Wildman–Crippen LogP) is 0.447. The quantitative estimate of drug-likeness (QED) is 0.720. The number of aliphatic hydroxyl groups is 1. The highest BCUT2D eigenvalue weighted by atomic mass is 16.3. The molecular weight excluding hydrogens is 178 g/mol. The van der Waals surface area contributed by atoms with Crippen molar-refractivity contribution in [2.24, 2.45) is 13.0 Å². The van der Waals surface area contributed by atoms with E-state index in [2.05, 4.69) is 16.5 Å². The zero-order valence-corrected chi connectivity index (χ0v) is 9.12. The number of nitrogens with one attached hydrogen (secondary N) is 1. The lowest BCUT2D eigenvalue weighted by atomic mass is 10.2. The summed E-state index contributed by atoms with van der Waals surface area (Å²) in [6.45, 7) is 5.88. The summed E-state index contributed by atoms with van der Waals surface area (Å²) in [6.07, 6.45) is 0. The zero-order chi connectivity index (χ0) is 10.6. The van der Waals surface area contributed by atoms with Gasteiger partial charge in [-0.05, 0) is 18.9 Å². The van der Waals surface area contributed by atoms with Crippen LogP contribution in [0.15, 0.2) is 6.07 Å². The van der Waals surface area contributed by atoms with E-state index in [1.54, 1.807) is 0 Å². The van der Waals surface area contributed by atoms with Gasteiger partial charge in [-0.1, -0.05) is 6.92 Å². The fourth-order valence-electron chi connectivity index (χ4n) is 1.34. The third kappa shape index (κ3) is 3.12. The molecule has 80 valence electrons. The van der Waals surface area contributed by atoms with Crippen LogP contribution in [0.1, 0.15) is 18.3 Å². The molecule has 1 aromatic heterocycles. The Morgan fingerprint density at radius 2 is 2.36 bits per heavy atom. The molecule has 0 aromatic carbocycles. The van der Waals surface area contributed by atoms with Crippen LogP contribution in [-0.2, 0) is 13.6 Å². The molecule has 1 heterocycles. The lowest BCUT2D eigenvalue weighted by Gasteiger charge is -2.09. The highest BCUT2D eigenvalue weighted by Gasteiger charge is 2.02. The van der Waals surface area contributed by atoms with Gasteiger partial charge in [-0.15, -0.1) is 0 Å². The summed E-state index contributed by atoms with van der Waals surface area (Å²) in [5.41, 5.74) is 2.21. The van der Waals surface area contributed by atoms with Crippen LogP contribution in [0.4, 0.5) is 0 Å². The fourth-order valence-corrected chi connectivity index (χ4v) is 1.34. The summed E-state index contributed by atoms with van der Waals surface area (Å²) in [5, 5.41) is 16.4. The van der Waals surface area contributed by atoms with Crippen molar-refractivity contribution in [2.75, 3.05) is 13.2 Å². The van der Waals surface area contributed by atoms with Gasteiger partial charge in [0.15, 0.2) is 0 Å². The Kier molecular flexibility index (Phi) is 4.10. The molecule has 0 bridgehead atoms. The molecule has 1 aromatic rings. The number of aliphatic hydroxyl groups excluding tert-OH is 1. The summed E-state index contributed by atoms with van der Waals surface area (Å²) in [5.74, 6) is 0.310. The van der Waals surface area contributed by atoms with Crippen LogP contribution in [-0.4, -0.2) is 28.0 Å². The second kappa shape index (κ2) is 5.12. The Bertz CT molecular complexity index is 283. The van der Waals surface area contributed by atoms with Gasteiger partial charge < -0.3 is 10.4 Å². The van der Waals surface area contributed by atoms with Gasteiger partial charge in [0.25, 0.3) is 0 Å². The normalized spacial score (nSPS) is 13.1. The molecule has 14 heavy (non-hydrogen) atoms. The molecule has 4 heteroatoms. The number of hydrogen-bond acceptors (Lipinski definition) is 3. The van der Waals surface area contributed by atoms with E-state index < -0.39 is 0 Å². The summed E-state index contributed by atoms with van der Waals surface area (Å²) < 4.78 is 1.88. The van der Waals surface area contributed by atoms with Gasteiger partial charge in [0.05, 0.1) is 11.4 Å². The van der Waals surface area contributed by atoms with Gasteiger partial charge in [-0.25, -0.2) is 0 Å². The van der Waals surface area contributed by atoms with E-state index in [4.69, 9.17) is 5.11 Å². The molecule has 1 rings (SSSR count). The lowest BCUT2D eigenvalue weighted by molar-refractivity contribution is 0.233. The number of hydrogen-bond donors (Lipinski definition) is 2. The van der Waals surface area contributed by atoms with Crippen molar-refractivity contribution in [2.45, 2.75) is 20.4 Å². The van der Waals surface area contributed by atoms with E-state index in [1.165, 1.54) is 5.69 Å². The number of nitrogens with zero attached hydrogens (tertiary/aromatic N) is 2. The van der Waals surface area contributed by atoms with Crippen LogP contribution in [0.3, 0.4) is 0 Å². The van der Waals surface area contributed by atoms with Crippen molar-refractivity contribution in [3.63, 3.8) is 0 Å². The van der Waals surface area contributed by atoms with Crippen molar-refractivity contribution >= 4 is 0 Å². The topological polar surface area (TPSA) is 50.1 Å². The molecule has 0 fully saturated rings. The van der Waals surface area contributed by atoms with Crippen molar-refractivity contribution in [3.8, 4) is 0 Å². The minimum absolute atomic E-state index is 0.234. The van der Waals surface area contributed by atoms with Gasteiger partial charge in [0.1, 0.15) is 0 Å². The number of aryl methyl sites for hydroxylation is 2. The van der Waals surface area contributed by atoms with Crippen LogP contribution in [0.5, 0.6) is 0 Å². The van der Waals surface area contributed by atoms with Crippen LogP contribution < -0.4 is 5.32 Å². The van der Waals surface area contributed by atoms with Crippen molar-refractivity contribution in [1.82, 2.24) is 15.1 Å². The molecule has 0 aliphatic heterocycles. The Balaban J connectivity index is 2.34. The molecule has 0 spiro atoms. The van der Waals surface area contributed by atoms with Gasteiger partial charge in [-0.3, -0.25) is 4.68 Å². The molecule has 0 radical (unpaired) electrons. The first-order valence-electron chi connectivity index (χ1n) is 4.94.